The summed E-state index contributed by atoms with van der Waals surface area (Å²) in [6.45, 7) is 0. The Morgan fingerprint density at radius 1 is 0.966 bits per heavy atom. The fourth-order valence-electron chi connectivity index (χ4n) is 2.58. The van der Waals surface area contributed by atoms with E-state index in [1.807, 2.05) is 22.6 Å². The standard InChI is InChI=1S/C21H14Cl2INO4/c22-13-8-14(23)10-16(9-13)25-20(27)19(12-4-2-1-3-5-12)29-21(28)17-11-15(24)6-7-18(17)26/h1-11,19,26H,(H,25,27). The molecular formula is C21H14Cl2INO4. The number of benzene rings is 3. The van der Waals surface area contributed by atoms with E-state index in [0.29, 0.717) is 21.3 Å². The molecule has 0 aliphatic carbocycles. The molecule has 1 amide bonds. The van der Waals surface area contributed by atoms with Gasteiger partial charge in [-0.05, 0) is 59.0 Å². The number of esters is 1. The van der Waals surface area contributed by atoms with Gasteiger partial charge < -0.3 is 15.2 Å². The first kappa shape index (κ1) is 21.4. The van der Waals surface area contributed by atoms with Crippen molar-refractivity contribution in [3.63, 3.8) is 0 Å². The molecule has 0 spiro atoms. The van der Waals surface area contributed by atoms with Gasteiger partial charge in [-0.1, -0.05) is 53.5 Å². The molecule has 0 aliphatic rings. The monoisotopic (exact) mass is 541 g/mol. The van der Waals surface area contributed by atoms with Crippen molar-refractivity contribution < 1.29 is 19.4 Å². The Kier molecular flexibility index (Phi) is 7.00. The lowest BCUT2D eigenvalue weighted by molar-refractivity contribution is -0.125. The zero-order valence-electron chi connectivity index (χ0n) is 14.7. The van der Waals surface area contributed by atoms with E-state index >= 15 is 0 Å². The van der Waals surface area contributed by atoms with Crippen LogP contribution in [0.15, 0.2) is 66.7 Å². The molecule has 0 radical (unpaired) electrons. The number of aromatic hydroxyl groups is 1. The summed E-state index contributed by atoms with van der Waals surface area (Å²) in [7, 11) is 0. The van der Waals surface area contributed by atoms with Crippen molar-refractivity contribution in [2.75, 3.05) is 5.32 Å². The molecule has 1 atom stereocenters. The van der Waals surface area contributed by atoms with Gasteiger partial charge in [-0.3, -0.25) is 4.79 Å². The molecule has 3 rings (SSSR count). The third-order valence-corrected chi connectivity index (χ3v) is 4.98. The predicted octanol–water partition coefficient (Wildman–Crippen LogP) is 5.84. The topological polar surface area (TPSA) is 75.6 Å². The molecule has 3 aromatic carbocycles. The average molecular weight is 542 g/mol. The van der Waals surface area contributed by atoms with Gasteiger partial charge in [0.1, 0.15) is 11.3 Å². The number of phenolic OH excluding ortho intramolecular Hbond substituents is 1. The normalized spacial score (nSPS) is 11.6. The first-order chi connectivity index (χ1) is 13.8. The van der Waals surface area contributed by atoms with Gasteiger partial charge in [-0.15, -0.1) is 0 Å². The van der Waals surface area contributed by atoms with E-state index in [2.05, 4.69) is 5.32 Å². The molecule has 148 valence electrons. The maximum atomic E-state index is 12.9. The Bertz CT molecular complexity index is 1040. The van der Waals surface area contributed by atoms with Gasteiger partial charge in [0, 0.05) is 24.9 Å². The summed E-state index contributed by atoms with van der Waals surface area (Å²) in [6.07, 6.45) is -1.25. The Balaban J connectivity index is 1.89. The summed E-state index contributed by atoms with van der Waals surface area (Å²) >= 11 is 14.0. The first-order valence-electron chi connectivity index (χ1n) is 8.35. The van der Waals surface area contributed by atoms with Gasteiger partial charge >= 0.3 is 5.97 Å². The molecule has 3 aromatic rings. The lowest BCUT2D eigenvalue weighted by atomic mass is 10.1. The van der Waals surface area contributed by atoms with E-state index in [1.54, 1.807) is 36.4 Å². The first-order valence-corrected chi connectivity index (χ1v) is 10.2. The summed E-state index contributed by atoms with van der Waals surface area (Å²) in [5, 5.41) is 13.3. The summed E-state index contributed by atoms with van der Waals surface area (Å²) < 4.78 is 6.21. The second kappa shape index (κ2) is 9.47. The molecule has 0 heterocycles. The maximum absolute atomic E-state index is 12.9. The quantitative estimate of drug-likeness (QED) is 0.314. The second-order valence-electron chi connectivity index (χ2n) is 6.00. The van der Waals surface area contributed by atoms with Gasteiger partial charge in [-0.25, -0.2) is 4.79 Å². The summed E-state index contributed by atoms with van der Waals surface area (Å²) in [5.41, 5.74) is 0.801. The van der Waals surface area contributed by atoms with Gasteiger partial charge in [0.05, 0.1) is 0 Å². The summed E-state index contributed by atoms with van der Waals surface area (Å²) in [6, 6.07) is 17.7. The molecule has 0 saturated heterocycles. The van der Waals surface area contributed by atoms with E-state index in [4.69, 9.17) is 27.9 Å². The number of carbonyl (C=O) groups excluding carboxylic acids is 2. The minimum atomic E-state index is -1.25. The van der Waals surface area contributed by atoms with E-state index < -0.39 is 18.0 Å². The van der Waals surface area contributed by atoms with Gasteiger partial charge in [-0.2, -0.15) is 0 Å². The van der Waals surface area contributed by atoms with Crippen molar-refractivity contribution in [3.8, 4) is 5.75 Å². The molecule has 0 fully saturated rings. The van der Waals surface area contributed by atoms with Gasteiger partial charge in [0.15, 0.2) is 0 Å². The Morgan fingerprint density at radius 2 is 1.62 bits per heavy atom. The minimum absolute atomic E-state index is 0.0311. The predicted molar refractivity (Wildman–Crippen MR) is 121 cm³/mol. The summed E-state index contributed by atoms with van der Waals surface area (Å²) in [4.78, 5) is 25.6. The van der Waals surface area contributed by atoms with Gasteiger partial charge in [0.2, 0.25) is 6.10 Å². The SMILES string of the molecule is O=C(OC(C(=O)Nc1cc(Cl)cc(Cl)c1)c1ccccc1)c1cc(I)ccc1O. The highest BCUT2D eigenvalue weighted by Crippen LogP contribution is 2.27. The zero-order chi connectivity index (χ0) is 21.0. The fraction of sp³-hybridized carbons (Fsp3) is 0.0476. The fourth-order valence-corrected chi connectivity index (χ4v) is 3.59. The van der Waals surface area contributed by atoms with Crippen molar-refractivity contribution in [2.24, 2.45) is 0 Å². The molecule has 0 aromatic heterocycles. The van der Waals surface area contributed by atoms with Crippen molar-refractivity contribution >= 4 is 63.4 Å². The van der Waals surface area contributed by atoms with Crippen LogP contribution in [-0.2, 0) is 9.53 Å². The van der Waals surface area contributed by atoms with Crippen LogP contribution in [0.3, 0.4) is 0 Å². The highest BCUT2D eigenvalue weighted by molar-refractivity contribution is 14.1. The van der Waals surface area contributed by atoms with Crippen molar-refractivity contribution in [3.05, 3.63) is 91.5 Å². The minimum Gasteiger partial charge on any atom is -0.507 e. The van der Waals surface area contributed by atoms with Crippen molar-refractivity contribution in [2.45, 2.75) is 6.10 Å². The van der Waals surface area contributed by atoms with Crippen LogP contribution in [0.4, 0.5) is 5.69 Å². The molecular weight excluding hydrogens is 528 g/mol. The number of hydrogen-bond donors (Lipinski definition) is 2. The van der Waals surface area contributed by atoms with Crippen LogP contribution < -0.4 is 5.32 Å². The van der Waals surface area contributed by atoms with E-state index in [9.17, 15) is 14.7 Å². The lowest BCUT2D eigenvalue weighted by Gasteiger charge is -2.19. The molecule has 5 nitrogen and oxygen atoms in total. The smallest absolute Gasteiger partial charge is 0.343 e. The average Bonchev–Trinajstić information content (AvgIpc) is 2.67. The van der Waals surface area contributed by atoms with E-state index in [-0.39, 0.29) is 11.3 Å². The van der Waals surface area contributed by atoms with Crippen LogP contribution in [0.1, 0.15) is 22.0 Å². The number of nitrogens with one attached hydrogen (secondary N) is 1. The van der Waals surface area contributed by atoms with Gasteiger partial charge in [0.25, 0.3) is 5.91 Å². The van der Waals surface area contributed by atoms with Crippen LogP contribution in [0, 0.1) is 3.57 Å². The molecule has 29 heavy (non-hydrogen) atoms. The summed E-state index contributed by atoms with van der Waals surface area (Å²) in [5.74, 6) is -1.65. The van der Waals surface area contributed by atoms with Crippen LogP contribution in [0.25, 0.3) is 0 Å². The maximum Gasteiger partial charge on any atom is 0.343 e. The second-order valence-corrected chi connectivity index (χ2v) is 8.12. The van der Waals surface area contributed by atoms with Crippen LogP contribution in [0.2, 0.25) is 10.0 Å². The number of halogens is 3. The Hall–Kier alpha value is -2.29. The van der Waals surface area contributed by atoms with Crippen LogP contribution in [-0.4, -0.2) is 17.0 Å². The highest BCUT2D eigenvalue weighted by atomic mass is 127. The Morgan fingerprint density at radius 3 is 2.28 bits per heavy atom. The highest BCUT2D eigenvalue weighted by Gasteiger charge is 2.27. The van der Waals surface area contributed by atoms with E-state index in [0.717, 1.165) is 3.57 Å². The van der Waals surface area contributed by atoms with E-state index in [1.165, 1.54) is 30.3 Å². The number of hydrogen-bond acceptors (Lipinski definition) is 4. The zero-order valence-corrected chi connectivity index (χ0v) is 18.4. The third kappa shape index (κ3) is 5.62. The van der Waals surface area contributed by atoms with Crippen LogP contribution >= 0.6 is 45.8 Å². The van der Waals surface area contributed by atoms with Crippen molar-refractivity contribution in [1.82, 2.24) is 0 Å². The molecule has 1 unspecified atom stereocenters. The number of anilines is 1. The largest absolute Gasteiger partial charge is 0.507 e. The molecule has 0 aliphatic heterocycles. The molecule has 8 heteroatoms. The number of rotatable bonds is 5. The number of amides is 1. The molecule has 2 N–H and O–H groups in total. The molecule has 0 bridgehead atoms. The number of phenols is 1. The van der Waals surface area contributed by atoms with Crippen LogP contribution in [0.5, 0.6) is 5.75 Å². The number of ether oxygens (including phenoxy) is 1. The number of carbonyl (C=O) groups is 2. The van der Waals surface area contributed by atoms with Crippen molar-refractivity contribution in [1.29, 1.82) is 0 Å². The third-order valence-electron chi connectivity index (χ3n) is 3.87. The Labute approximate surface area is 190 Å². The lowest BCUT2D eigenvalue weighted by Crippen LogP contribution is -2.26. The molecule has 0 saturated carbocycles.